The minimum Gasteiger partial charge on any atom is -0.348 e. The zero-order chi connectivity index (χ0) is 16.9. The first-order valence-electron chi connectivity index (χ1n) is 8.76. The van der Waals surface area contributed by atoms with Crippen molar-refractivity contribution in [2.45, 2.75) is 32.7 Å². The van der Waals surface area contributed by atoms with Gasteiger partial charge < -0.3 is 15.2 Å². The fourth-order valence-corrected chi connectivity index (χ4v) is 3.18. The number of nitrogens with zero attached hydrogens (tertiary/aromatic N) is 2. The van der Waals surface area contributed by atoms with Crippen molar-refractivity contribution >= 4 is 23.0 Å². The average molecular weight is 326 g/mol. The molecule has 0 radical (unpaired) electrons. The molecule has 24 heavy (non-hydrogen) atoms. The van der Waals surface area contributed by atoms with Gasteiger partial charge in [0.2, 0.25) is 5.91 Å². The first-order valence-corrected chi connectivity index (χ1v) is 8.76. The van der Waals surface area contributed by atoms with Gasteiger partial charge >= 0.3 is 0 Å². The summed E-state index contributed by atoms with van der Waals surface area (Å²) in [6.45, 7) is 7.56. The average Bonchev–Trinajstić information content (AvgIpc) is 3.21. The van der Waals surface area contributed by atoms with Crippen molar-refractivity contribution in [3.8, 4) is 0 Å². The summed E-state index contributed by atoms with van der Waals surface area (Å²) in [6, 6.07) is 4.09. The maximum Gasteiger partial charge on any atom is 0.244 e. The lowest BCUT2D eigenvalue weighted by Crippen LogP contribution is -2.45. The largest absolute Gasteiger partial charge is 0.348 e. The van der Waals surface area contributed by atoms with Crippen LogP contribution in [0.25, 0.3) is 17.1 Å². The maximum absolute atomic E-state index is 12.3. The predicted molar refractivity (Wildman–Crippen MR) is 97.6 cm³/mol. The SMILES string of the molecule is CC(C)[C@@H](CN1CCCC1)NC(=O)C=Cc1c[nH]c2ncccc12. The number of carbonyl (C=O) groups is 1. The van der Waals surface area contributed by atoms with Gasteiger partial charge in [0.15, 0.2) is 0 Å². The summed E-state index contributed by atoms with van der Waals surface area (Å²) in [5.74, 6) is 0.381. The van der Waals surface area contributed by atoms with Crippen molar-refractivity contribution in [3.63, 3.8) is 0 Å². The Morgan fingerprint density at radius 2 is 2.21 bits per heavy atom. The zero-order valence-electron chi connectivity index (χ0n) is 14.5. The highest BCUT2D eigenvalue weighted by atomic mass is 16.1. The van der Waals surface area contributed by atoms with E-state index in [-0.39, 0.29) is 11.9 Å². The lowest BCUT2D eigenvalue weighted by Gasteiger charge is -2.27. The summed E-state index contributed by atoms with van der Waals surface area (Å²) in [7, 11) is 0. The van der Waals surface area contributed by atoms with Crippen LogP contribution >= 0.6 is 0 Å². The maximum atomic E-state index is 12.3. The van der Waals surface area contributed by atoms with Crippen molar-refractivity contribution in [1.29, 1.82) is 0 Å². The smallest absolute Gasteiger partial charge is 0.244 e. The Balaban J connectivity index is 1.62. The second kappa shape index (κ2) is 7.62. The number of likely N-dealkylation sites (tertiary alicyclic amines) is 1. The van der Waals surface area contributed by atoms with E-state index in [2.05, 4.69) is 34.0 Å². The molecule has 1 saturated heterocycles. The van der Waals surface area contributed by atoms with Crippen LogP contribution < -0.4 is 5.32 Å². The van der Waals surface area contributed by atoms with Crippen molar-refractivity contribution in [1.82, 2.24) is 20.2 Å². The Morgan fingerprint density at radius 1 is 1.42 bits per heavy atom. The normalized spacial score (nSPS) is 17.1. The Kier molecular flexibility index (Phi) is 5.30. The fraction of sp³-hybridized carbons (Fsp3) is 0.474. The number of hydrogen-bond acceptors (Lipinski definition) is 3. The van der Waals surface area contributed by atoms with Crippen LogP contribution in [0.1, 0.15) is 32.3 Å². The van der Waals surface area contributed by atoms with Crippen molar-refractivity contribution in [3.05, 3.63) is 36.2 Å². The summed E-state index contributed by atoms with van der Waals surface area (Å²) < 4.78 is 0. The summed E-state index contributed by atoms with van der Waals surface area (Å²) in [5, 5.41) is 4.19. The predicted octanol–water partition coefficient (Wildman–Crippen LogP) is 2.81. The van der Waals surface area contributed by atoms with Crippen LogP contribution in [0.5, 0.6) is 0 Å². The molecule has 5 heteroatoms. The number of fused-ring (bicyclic) bond motifs is 1. The molecule has 0 aromatic carbocycles. The molecule has 2 aromatic heterocycles. The lowest BCUT2D eigenvalue weighted by atomic mass is 10.0. The number of amides is 1. The number of aromatic amines is 1. The fourth-order valence-electron chi connectivity index (χ4n) is 3.18. The molecule has 5 nitrogen and oxygen atoms in total. The van der Waals surface area contributed by atoms with Crippen LogP contribution in [0.2, 0.25) is 0 Å². The number of carbonyl (C=O) groups excluding carboxylic acids is 1. The molecule has 0 saturated carbocycles. The monoisotopic (exact) mass is 326 g/mol. The minimum absolute atomic E-state index is 0.0360. The Labute approximate surface area is 143 Å². The third-order valence-corrected chi connectivity index (χ3v) is 4.68. The van der Waals surface area contributed by atoms with Crippen LogP contribution in [0.15, 0.2) is 30.6 Å². The van der Waals surface area contributed by atoms with Crippen molar-refractivity contribution in [2.24, 2.45) is 5.92 Å². The van der Waals surface area contributed by atoms with E-state index in [0.29, 0.717) is 5.92 Å². The molecule has 3 rings (SSSR count). The lowest BCUT2D eigenvalue weighted by molar-refractivity contribution is -0.117. The molecule has 128 valence electrons. The third-order valence-electron chi connectivity index (χ3n) is 4.68. The highest BCUT2D eigenvalue weighted by molar-refractivity contribution is 5.95. The van der Waals surface area contributed by atoms with Crippen molar-refractivity contribution in [2.75, 3.05) is 19.6 Å². The molecule has 3 heterocycles. The number of H-pyrrole nitrogens is 1. The molecule has 1 aliphatic heterocycles. The molecule has 0 spiro atoms. The van der Waals surface area contributed by atoms with Gasteiger partial charge in [-0.25, -0.2) is 4.98 Å². The van der Waals surface area contributed by atoms with Crippen LogP contribution in [-0.4, -0.2) is 46.5 Å². The van der Waals surface area contributed by atoms with Gasteiger partial charge in [0.25, 0.3) is 0 Å². The van der Waals surface area contributed by atoms with E-state index in [4.69, 9.17) is 0 Å². The van der Waals surface area contributed by atoms with Crippen LogP contribution in [-0.2, 0) is 4.79 Å². The summed E-state index contributed by atoms with van der Waals surface area (Å²) in [4.78, 5) is 22.1. The van der Waals surface area contributed by atoms with Gasteiger partial charge in [0, 0.05) is 42.0 Å². The van der Waals surface area contributed by atoms with Crippen LogP contribution in [0.4, 0.5) is 0 Å². The number of hydrogen-bond donors (Lipinski definition) is 2. The Bertz CT molecular complexity index is 713. The van der Waals surface area contributed by atoms with E-state index >= 15 is 0 Å². The van der Waals surface area contributed by atoms with Gasteiger partial charge in [-0.05, 0) is 50.1 Å². The highest BCUT2D eigenvalue weighted by Crippen LogP contribution is 2.17. The van der Waals surface area contributed by atoms with E-state index in [9.17, 15) is 4.79 Å². The molecular weight excluding hydrogens is 300 g/mol. The van der Waals surface area contributed by atoms with Gasteiger partial charge in [-0.15, -0.1) is 0 Å². The summed E-state index contributed by atoms with van der Waals surface area (Å²) in [5.41, 5.74) is 1.82. The Hall–Kier alpha value is -2.14. The van der Waals surface area contributed by atoms with E-state index in [1.54, 1.807) is 12.3 Å². The van der Waals surface area contributed by atoms with Gasteiger partial charge in [-0.3, -0.25) is 4.79 Å². The highest BCUT2D eigenvalue weighted by Gasteiger charge is 2.20. The van der Waals surface area contributed by atoms with E-state index in [1.807, 2.05) is 24.4 Å². The van der Waals surface area contributed by atoms with E-state index in [1.165, 1.54) is 12.8 Å². The molecule has 2 N–H and O–H groups in total. The molecular formula is C19H26N4O. The number of aromatic nitrogens is 2. The first kappa shape index (κ1) is 16.7. The second-order valence-electron chi connectivity index (χ2n) is 6.84. The van der Waals surface area contributed by atoms with E-state index < -0.39 is 0 Å². The third kappa shape index (κ3) is 4.03. The molecule has 2 aromatic rings. The standard InChI is InChI=1S/C19H26N4O/c1-14(2)17(13-23-10-3-4-11-23)22-18(24)8-7-15-12-21-19-16(15)6-5-9-20-19/h5-9,12,14,17H,3-4,10-11,13H2,1-2H3,(H,20,21)(H,22,24)/t17-/m1/s1. The van der Waals surface area contributed by atoms with Crippen molar-refractivity contribution < 1.29 is 4.79 Å². The molecule has 0 unspecified atom stereocenters. The molecule has 1 amide bonds. The Morgan fingerprint density at radius 3 is 2.96 bits per heavy atom. The molecule has 0 aliphatic carbocycles. The summed E-state index contributed by atoms with van der Waals surface area (Å²) >= 11 is 0. The van der Waals surface area contributed by atoms with Gasteiger partial charge in [0.05, 0.1) is 0 Å². The van der Waals surface area contributed by atoms with Gasteiger partial charge in [-0.2, -0.15) is 0 Å². The number of pyridine rings is 1. The number of nitrogens with one attached hydrogen (secondary N) is 2. The zero-order valence-corrected chi connectivity index (χ0v) is 14.5. The quantitative estimate of drug-likeness (QED) is 0.803. The minimum atomic E-state index is -0.0360. The molecule has 0 bridgehead atoms. The van der Waals surface area contributed by atoms with E-state index in [0.717, 1.165) is 36.2 Å². The molecule has 1 aliphatic rings. The van der Waals surface area contributed by atoms with Gasteiger partial charge in [-0.1, -0.05) is 13.8 Å². The topological polar surface area (TPSA) is 61.0 Å². The second-order valence-corrected chi connectivity index (χ2v) is 6.84. The molecule has 1 fully saturated rings. The van der Waals surface area contributed by atoms with Crippen LogP contribution in [0.3, 0.4) is 0 Å². The van der Waals surface area contributed by atoms with Gasteiger partial charge in [0.1, 0.15) is 5.65 Å². The summed E-state index contributed by atoms with van der Waals surface area (Å²) in [6.07, 6.45) is 9.65. The first-order chi connectivity index (χ1) is 11.6. The molecule has 1 atom stereocenters. The number of rotatable bonds is 6. The van der Waals surface area contributed by atoms with Crippen LogP contribution in [0, 0.1) is 5.92 Å².